The summed E-state index contributed by atoms with van der Waals surface area (Å²) in [5.74, 6) is 0.618. The van der Waals surface area contributed by atoms with Crippen molar-refractivity contribution >= 4 is 29.4 Å². The Hall–Kier alpha value is -2.97. The number of carbonyl (C=O) groups excluding carboxylic acids is 1. The van der Waals surface area contributed by atoms with E-state index in [1.165, 1.54) is 0 Å². The van der Waals surface area contributed by atoms with Crippen LogP contribution in [0.3, 0.4) is 0 Å². The highest BCUT2D eigenvalue weighted by molar-refractivity contribution is 6.58. The van der Waals surface area contributed by atoms with Crippen molar-refractivity contribution < 1.29 is 14.1 Å². The third-order valence-electron chi connectivity index (χ3n) is 4.63. The fourth-order valence-corrected chi connectivity index (χ4v) is 2.94. The van der Waals surface area contributed by atoms with Crippen LogP contribution in [0.25, 0.3) is 11.4 Å². The van der Waals surface area contributed by atoms with Crippen molar-refractivity contribution in [1.29, 1.82) is 0 Å². The molecule has 0 aliphatic carbocycles. The number of carbonyl (C=O) groups is 1. The third-order valence-corrected chi connectivity index (χ3v) is 4.63. The van der Waals surface area contributed by atoms with Gasteiger partial charge in [-0.3, -0.25) is 9.48 Å². The molecule has 3 aromatic rings. The molecule has 11 heteroatoms. The van der Waals surface area contributed by atoms with Crippen LogP contribution in [-0.2, 0) is 12.2 Å². The van der Waals surface area contributed by atoms with Crippen LogP contribution in [0, 0.1) is 6.92 Å². The summed E-state index contributed by atoms with van der Waals surface area (Å²) in [4.78, 5) is 16.7. The summed E-state index contributed by atoms with van der Waals surface area (Å²) in [5.41, 5.74) is 2.82. The minimum atomic E-state index is -1.71. The molecule has 1 aliphatic heterocycles. The van der Waals surface area contributed by atoms with Gasteiger partial charge in [0, 0.05) is 23.9 Å². The van der Waals surface area contributed by atoms with Gasteiger partial charge in [-0.1, -0.05) is 22.4 Å². The number of aromatic nitrogens is 4. The maximum absolute atomic E-state index is 12.5. The summed E-state index contributed by atoms with van der Waals surface area (Å²) in [6, 6.07) is 5.12. The Kier molecular flexibility index (Phi) is 4.32. The van der Waals surface area contributed by atoms with E-state index < -0.39 is 5.11 Å². The fraction of sp³-hybridized carbons (Fsp3) is 0.294. The van der Waals surface area contributed by atoms with Crippen LogP contribution in [0.5, 0.6) is 5.75 Å². The number of nitrogens with zero attached hydrogens (tertiary/aromatic N) is 4. The molecule has 1 N–H and O–H groups in total. The van der Waals surface area contributed by atoms with Crippen LogP contribution in [0.1, 0.15) is 33.5 Å². The second kappa shape index (κ2) is 6.58. The molecular formula is C17H14B3N5O3. The van der Waals surface area contributed by atoms with Crippen molar-refractivity contribution in [1.82, 2.24) is 25.2 Å². The Morgan fingerprint density at radius 3 is 2.79 bits per heavy atom. The zero-order valence-corrected chi connectivity index (χ0v) is 15.3. The number of hydrogen-bond acceptors (Lipinski definition) is 6. The zero-order chi connectivity index (χ0) is 20.1. The first kappa shape index (κ1) is 18.4. The SMILES string of the molecule is [B]C([B])([B])c1nc(-c2ccc3c(c2)OC[C@H]3NC(=O)c2cnn(C)c2C)no1. The van der Waals surface area contributed by atoms with Crippen LogP contribution in [0.2, 0.25) is 0 Å². The number of ether oxygens (including phenoxy) is 1. The molecule has 2 aromatic heterocycles. The molecule has 8 nitrogen and oxygen atoms in total. The Balaban J connectivity index is 1.54. The maximum Gasteiger partial charge on any atom is 0.255 e. The van der Waals surface area contributed by atoms with E-state index in [-0.39, 0.29) is 23.7 Å². The normalized spacial score (nSPS) is 15.9. The van der Waals surface area contributed by atoms with E-state index in [2.05, 4.69) is 20.6 Å². The summed E-state index contributed by atoms with van der Waals surface area (Å²) in [6.07, 6.45) is 1.55. The molecule has 1 aliphatic rings. The van der Waals surface area contributed by atoms with Gasteiger partial charge in [0.2, 0.25) is 11.7 Å². The number of hydrogen-bond donors (Lipinski definition) is 1. The number of rotatable bonds is 4. The molecule has 0 fully saturated rings. The molecule has 134 valence electrons. The van der Waals surface area contributed by atoms with Crippen LogP contribution >= 0.6 is 0 Å². The molecular weight excluding hydrogens is 355 g/mol. The van der Waals surface area contributed by atoms with Crippen molar-refractivity contribution in [2.75, 3.05) is 6.61 Å². The number of benzene rings is 1. The lowest BCUT2D eigenvalue weighted by Crippen LogP contribution is -2.29. The summed E-state index contributed by atoms with van der Waals surface area (Å²) in [7, 11) is 18.4. The van der Waals surface area contributed by atoms with E-state index in [1.807, 2.05) is 13.0 Å². The standard InChI is InChI=1S/C17H14B3N5O3/c1-8-11(6-21-25(8)2)15(26)22-12-7-27-13-5-9(3-4-10(12)13)14-23-16(28-24-14)17(18,19)20/h3-6,12H,7H2,1-2H3,(H,22,26)/t12-/m1/s1. The molecule has 0 unspecified atom stereocenters. The van der Waals surface area contributed by atoms with Gasteiger partial charge >= 0.3 is 0 Å². The largest absolute Gasteiger partial charge is 0.491 e. The predicted molar refractivity (Wildman–Crippen MR) is 102 cm³/mol. The first-order valence-corrected chi connectivity index (χ1v) is 8.51. The first-order valence-electron chi connectivity index (χ1n) is 8.51. The second-order valence-corrected chi connectivity index (χ2v) is 6.71. The van der Waals surface area contributed by atoms with E-state index in [0.717, 1.165) is 11.3 Å². The van der Waals surface area contributed by atoms with Crippen molar-refractivity contribution in [3.63, 3.8) is 0 Å². The third kappa shape index (κ3) is 3.21. The Bertz CT molecular complexity index is 1060. The van der Waals surface area contributed by atoms with Gasteiger partial charge < -0.3 is 14.6 Å². The lowest BCUT2D eigenvalue weighted by atomic mass is 9.42. The predicted octanol–water partition coefficient (Wildman–Crippen LogP) is 0.258. The van der Waals surface area contributed by atoms with E-state index in [9.17, 15) is 4.79 Å². The number of nitrogens with one attached hydrogen (secondary N) is 1. The Morgan fingerprint density at radius 2 is 2.14 bits per heavy atom. The van der Waals surface area contributed by atoms with Gasteiger partial charge in [0.05, 0.1) is 41.3 Å². The van der Waals surface area contributed by atoms with Crippen molar-refractivity contribution in [2.45, 2.75) is 18.1 Å². The Labute approximate surface area is 165 Å². The first-order chi connectivity index (χ1) is 13.2. The lowest BCUT2D eigenvalue weighted by Gasteiger charge is -2.12. The van der Waals surface area contributed by atoms with E-state index in [0.29, 0.717) is 23.5 Å². The van der Waals surface area contributed by atoms with Gasteiger partial charge in [-0.05, 0) is 13.0 Å². The minimum Gasteiger partial charge on any atom is -0.491 e. The molecule has 28 heavy (non-hydrogen) atoms. The summed E-state index contributed by atoms with van der Waals surface area (Å²) in [6.45, 7) is 2.16. The minimum absolute atomic E-state index is 0.0825. The van der Waals surface area contributed by atoms with Crippen LogP contribution in [-0.4, -0.2) is 56.0 Å². The lowest BCUT2D eigenvalue weighted by molar-refractivity contribution is 0.0929. The molecule has 1 aromatic carbocycles. The second-order valence-electron chi connectivity index (χ2n) is 6.71. The fourth-order valence-electron chi connectivity index (χ4n) is 2.94. The van der Waals surface area contributed by atoms with Gasteiger partial charge in [-0.2, -0.15) is 10.1 Å². The van der Waals surface area contributed by atoms with E-state index in [1.54, 1.807) is 30.1 Å². The van der Waals surface area contributed by atoms with E-state index in [4.69, 9.17) is 32.8 Å². The highest BCUT2D eigenvalue weighted by Gasteiger charge is 2.28. The topological polar surface area (TPSA) is 95.1 Å². The number of aryl methyl sites for hydroxylation is 1. The molecule has 0 saturated carbocycles. The average molecular weight is 369 g/mol. The van der Waals surface area contributed by atoms with Crippen molar-refractivity contribution in [2.24, 2.45) is 7.05 Å². The van der Waals surface area contributed by atoms with Crippen LogP contribution < -0.4 is 10.1 Å². The van der Waals surface area contributed by atoms with Crippen molar-refractivity contribution in [3.05, 3.63) is 47.1 Å². The molecule has 3 heterocycles. The van der Waals surface area contributed by atoms with Gasteiger partial charge in [0.25, 0.3) is 5.91 Å². The molecule has 6 radical (unpaired) electrons. The highest BCUT2D eigenvalue weighted by Crippen LogP contribution is 2.35. The smallest absolute Gasteiger partial charge is 0.255 e. The molecule has 0 saturated heterocycles. The van der Waals surface area contributed by atoms with E-state index >= 15 is 0 Å². The van der Waals surface area contributed by atoms with Crippen molar-refractivity contribution in [3.8, 4) is 17.1 Å². The molecule has 4 rings (SSSR count). The summed E-state index contributed by atoms with van der Waals surface area (Å²) >= 11 is 0. The van der Waals surface area contributed by atoms with Gasteiger partial charge in [0.15, 0.2) is 0 Å². The monoisotopic (exact) mass is 369 g/mol. The molecule has 1 atom stereocenters. The average Bonchev–Trinajstić information content (AvgIpc) is 3.35. The van der Waals surface area contributed by atoms with Gasteiger partial charge in [-0.15, -0.1) is 0 Å². The van der Waals surface area contributed by atoms with Crippen LogP contribution in [0.4, 0.5) is 0 Å². The number of fused-ring (bicyclic) bond motifs is 1. The molecule has 0 spiro atoms. The summed E-state index contributed by atoms with van der Waals surface area (Å²) in [5, 5.41) is 9.19. The maximum atomic E-state index is 12.5. The summed E-state index contributed by atoms with van der Waals surface area (Å²) < 4.78 is 12.4. The van der Waals surface area contributed by atoms with Crippen LogP contribution in [0.15, 0.2) is 28.9 Å². The highest BCUT2D eigenvalue weighted by atomic mass is 16.5. The Morgan fingerprint density at radius 1 is 1.36 bits per heavy atom. The zero-order valence-electron chi connectivity index (χ0n) is 15.3. The number of amides is 1. The quantitative estimate of drug-likeness (QED) is 0.664. The molecule has 0 bridgehead atoms. The van der Waals surface area contributed by atoms with Gasteiger partial charge in [-0.25, -0.2) is 0 Å². The van der Waals surface area contributed by atoms with Gasteiger partial charge in [0.1, 0.15) is 12.4 Å². The molecule has 1 amide bonds.